The molecule has 5 atom stereocenters. The van der Waals surface area contributed by atoms with E-state index in [4.69, 9.17) is 47.2 Å². The number of nitrogens with one attached hydrogen (secondary N) is 2. The Labute approximate surface area is 396 Å². The van der Waals surface area contributed by atoms with E-state index >= 15 is 14.2 Å². The maximum Gasteiger partial charge on any atom is 0.510 e. The smallest absolute Gasteiger partial charge is 0.497 e. The van der Waals surface area contributed by atoms with E-state index in [1.54, 1.807) is 73.8 Å². The quantitative estimate of drug-likeness (QED) is 0.0377. The number of carbonyl (C=O) groups excluding carboxylic acids is 5. The summed E-state index contributed by atoms with van der Waals surface area (Å²) in [5.41, 5.74) is 1.11. The maximum absolute atomic E-state index is 15.0. The first-order valence-corrected chi connectivity index (χ1v) is 24.3. The summed E-state index contributed by atoms with van der Waals surface area (Å²) in [6.07, 6.45) is -0.620. The van der Waals surface area contributed by atoms with Crippen molar-refractivity contribution in [3.63, 3.8) is 0 Å². The van der Waals surface area contributed by atoms with Crippen LogP contribution in [0.2, 0.25) is 0 Å². The average molecular weight is 967 g/mol. The normalized spacial score (nSPS) is 20.9. The molecule has 2 heterocycles. The number of fused-ring (bicyclic) bond motifs is 1. The molecule has 3 aliphatic rings. The number of aromatic nitrogens is 1. The molecule has 1 aromatic heterocycles. The van der Waals surface area contributed by atoms with Crippen molar-refractivity contribution in [2.45, 2.75) is 129 Å². The third kappa shape index (κ3) is 12.6. The first kappa shape index (κ1) is 51.5. The van der Waals surface area contributed by atoms with Crippen LogP contribution in [0.25, 0.3) is 22.2 Å². The minimum absolute atomic E-state index is 0.0408. The van der Waals surface area contributed by atoms with Gasteiger partial charge in [0, 0.05) is 35.4 Å². The van der Waals surface area contributed by atoms with Crippen LogP contribution in [0.3, 0.4) is 0 Å². The summed E-state index contributed by atoms with van der Waals surface area (Å²) in [4.78, 5) is 74.2. The number of ether oxygens (including phenoxy) is 7. The molecule has 2 aliphatic carbocycles. The zero-order valence-electron chi connectivity index (χ0n) is 39.9. The molecule has 68 heavy (non-hydrogen) atoms. The molecule has 1 saturated heterocycles. The van der Waals surface area contributed by atoms with E-state index in [-0.39, 0.29) is 25.5 Å². The molecule has 0 radical (unpaired) electrons. The third-order valence-corrected chi connectivity index (χ3v) is 14.2. The van der Waals surface area contributed by atoms with Crippen LogP contribution < -0.4 is 20.1 Å². The van der Waals surface area contributed by atoms with Crippen LogP contribution in [-0.2, 0) is 46.9 Å². The summed E-state index contributed by atoms with van der Waals surface area (Å²) >= 11 is 0. The van der Waals surface area contributed by atoms with Gasteiger partial charge in [0.1, 0.15) is 41.1 Å². The summed E-state index contributed by atoms with van der Waals surface area (Å²) < 4.78 is 64.4. The standard InChI is InChI=1S/C48H63N4O15P/c1-10-32-25-48(32,68(58,62-27-60-45(56)64-29(2)3)63-28-61-46(57)65-30(4)5)51-42(53)39-23-35(26-52(39)43(54)41(47(6,7)8)50-44(55)67-33-18-14-15-19-33)66-40-24-37(31-16-12-11-13-17-31)49-38-22-34(59-9)20-21-36(38)40/h10-13,16-17,20-22,24,29-30,32-33,35,39,41H,1,14-15,18-19,23,25-28H2,2-9H3,(H,50,55)(H,51,53)/t32-,35-,39+,41-,48+/m1/s1. The molecule has 2 aromatic carbocycles. The highest BCUT2D eigenvalue weighted by atomic mass is 31.2. The van der Waals surface area contributed by atoms with Crippen LogP contribution in [-0.4, -0.2) is 109 Å². The molecule has 2 saturated carbocycles. The van der Waals surface area contributed by atoms with E-state index in [1.165, 1.54) is 11.0 Å². The topological polar surface area (TPSA) is 226 Å². The number of methoxy groups -OCH3 is 1. The van der Waals surface area contributed by atoms with Crippen molar-refractivity contribution in [3.8, 4) is 22.8 Å². The Morgan fingerprint density at radius 1 is 0.912 bits per heavy atom. The van der Waals surface area contributed by atoms with Gasteiger partial charge in [-0.3, -0.25) is 23.2 Å². The van der Waals surface area contributed by atoms with Gasteiger partial charge in [-0.05, 0) is 77.3 Å². The summed E-state index contributed by atoms with van der Waals surface area (Å²) in [6.45, 7) is 13.6. The molecule has 19 nitrogen and oxygen atoms in total. The van der Waals surface area contributed by atoms with Gasteiger partial charge < -0.3 is 48.7 Å². The molecule has 20 heteroatoms. The number of carbonyl (C=O) groups is 5. The van der Waals surface area contributed by atoms with E-state index in [2.05, 4.69) is 17.2 Å². The second-order valence-corrected chi connectivity index (χ2v) is 20.9. The van der Waals surface area contributed by atoms with Gasteiger partial charge in [0.2, 0.25) is 25.4 Å². The van der Waals surface area contributed by atoms with E-state index in [0.29, 0.717) is 40.9 Å². The van der Waals surface area contributed by atoms with Crippen LogP contribution in [0.15, 0.2) is 67.3 Å². The fraction of sp³-hybridized carbons (Fsp3) is 0.542. The Morgan fingerprint density at radius 3 is 2.10 bits per heavy atom. The highest BCUT2D eigenvalue weighted by Crippen LogP contribution is 2.73. The highest BCUT2D eigenvalue weighted by Gasteiger charge is 2.69. The van der Waals surface area contributed by atoms with Gasteiger partial charge in [0.15, 0.2) is 0 Å². The largest absolute Gasteiger partial charge is 0.510 e. The average Bonchev–Trinajstić information content (AvgIpc) is 3.52. The first-order valence-electron chi connectivity index (χ1n) is 22.7. The van der Waals surface area contributed by atoms with E-state index in [1.807, 2.05) is 36.4 Å². The Hall–Kier alpha value is -5.91. The molecular weight excluding hydrogens is 904 g/mol. The van der Waals surface area contributed by atoms with Crippen molar-refractivity contribution >= 4 is 48.7 Å². The molecule has 370 valence electrons. The van der Waals surface area contributed by atoms with Crippen molar-refractivity contribution < 1.29 is 70.7 Å². The molecule has 0 unspecified atom stereocenters. The van der Waals surface area contributed by atoms with Crippen LogP contribution in [0, 0.1) is 11.3 Å². The van der Waals surface area contributed by atoms with Gasteiger partial charge in [-0.1, -0.05) is 57.2 Å². The Morgan fingerprint density at radius 2 is 1.54 bits per heavy atom. The number of alkyl carbamates (subject to hydrolysis) is 1. The number of rotatable bonds is 19. The van der Waals surface area contributed by atoms with Crippen molar-refractivity contribution in [2.75, 3.05) is 27.2 Å². The number of hydrogen-bond donors (Lipinski definition) is 2. The summed E-state index contributed by atoms with van der Waals surface area (Å²) in [7, 11) is -3.16. The van der Waals surface area contributed by atoms with E-state index in [0.717, 1.165) is 18.4 Å². The van der Waals surface area contributed by atoms with Gasteiger partial charge in [-0.25, -0.2) is 19.4 Å². The van der Waals surface area contributed by atoms with Gasteiger partial charge in [-0.15, -0.1) is 6.58 Å². The first-order chi connectivity index (χ1) is 32.2. The van der Waals surface area contributed by atoms with E-state index in [9.17, 15) is 14.4 Å². The maximum atomic E-state index is 15.0. The molecule has 0 bridgehead atoms. The number of nitrogens with zero attached hydrogens (tertiary/aromatic N) is 2. The van der Waals surface area contributed by atoms with Crippen LogP contribution in [0.1, 0.15) is 87.0 Å². The predicted octanol–water partition coefficient (Wildman–Crippen LogP) is 8.63. The zero-order valence-corrected chi connectivity index (χ0v) is 40.7. The Kier molecular flexibility index (Phi) is 16.7. The molecular formula is C48H63N4O15P. The molecule has 1 aliphatic heterocycles. The number of likely N-dealkylation sites (tertiary alicyclic amines) is 1. The fourth-order valence-corrected chi connectivity index (χ4v) is 10.3. The van der Waals surface area contributed by atoms with Crippen molar-refractivity contribution in [1.82, 2.24) is 20.5 Å². The van der Waals surface area contributed by atoms with Gasteiger partial charge in [0.05, 0.1) is 37.1 Å². The number of hydrogen-bond acceptors (Lipinski definition) is 16. The van der Waals surface area contributed by atoms with Crippen LogP contribution >= 0.6 is 7.60 Å². The molecule has 3 fully saturated rings. The minimum Gasteiger partial charge on any atom is -0.497 e. The van der Waals surface area contributed by atoms with Crippen molar-refractivity contribution in [1.29, 1.82) is 0 Å². The van der Waals surface area contributed by atoms with Crippen molar-refractivity contribution in [3.05, 3.63) is 67.3 Å². The molecule has 3 aromatic rings. The second-order valence-electron chi connectivity index (χ2n) is 18.6. The van der Waals surface area contributed by atoms with Gasteiger partial charge in [-0.2, -0.15) is 0 Å². The SMILES string of the molecule is C=C[C@@H]1C[C@]1(NC(=O)[C@@H]1C[C@@H](Oc2cc(-c3ccccc3)nc3cc(OC)ccc23)CN1C(=O)[C@@H](NC(=O)OC1CCCC1)C(C)(C)C)P(=O)(OCOC(=O)OC(C)C)OCOC(=O)OC(C)C. The predicted molar refractivity (Wildman–Crippen MR) is 247 cm³/mol. The molecule has 0 spiro atoms. The zero-order chi connectivity index (χ0) is 49.4. The highest BCUT2D eigenvalue weighted by molar-refractivity contribution is 7.56. The third-order valence-electron chi connectivity index (χ3n) is 11.7. The lowest BCUT2D eigenvalue weighted by molar-refractivity contribution is -0.142. The minimum atomic E-state index is -4.71. The fourth-order valence-electron chi connectivity index (χ4n) is 8.22. The Bertz CT molecular complexity index is 2320. The lowest BCUT2D eigenvalue weighted by Gasteiger charge is -2.36. The summed E-state index contributed by atoms with van der Waals surface area (Å²) in [6, 6.07) is 14.2. The molecule has 2 N–H and O–H groups in total. The lowest BCUT2D eigenvalue weighted by Crippen LogP contribution is -2.58. The number of amides is 3. The summed E-state index contributed by atoms with van der Waals surface area (Å²) in [5.74, 6) is -1.13. The van der Waals surface area contributed by atoms with E-state index < -0.39 is 98.4 Å². The van der Waals surface area contributed by atoms with Crippen LogP contribution in [0.4, 0.5) is 14.4 Å². The van der Waals surface area contributed by atoms with Crippen LogP contribution in [0.5, 0.6) is 11.5 Å². The monoisotopic (exact) mass is 966 g/mol. The van der Waals surface area contributed by atoms with Gasteiger partial charge >= 0.3 is 26.0 Å². The second kappa shape index (κ2) is 22.0. The van der Waals surface area contributed by atoms with Gasteiger partial charge in [0.25, 0.3) is 0 Å². The Balaban J connectivity index is 1.35. The number of pyridine rings is 1. The van der Waals surface area contributed by atoms with Crippen molar-refractivity contribution in [2.24, 2.45) is 11.3 Å². The molecule has 6 rings (SSSR count). The lowest BCUT2D eigenvalue weighted by atomic mass is 9.85. The molecule has 3 amide bonds. The number of benzene rings is 2. The summed E-state index contributed by atoms with van der Waals surface area (Å²) in [5, 5.41) is 4.42.